The van der Waals surface area contributed by atoms with E-state index in [4.69, 9.17) is 21.8 Å². The minimum atomic E-state index is -0.547. The molecule has 2 N–H and O–H groups in total. The number of ketones is 1. The number of rotatable bonds is 3. The molecule has 1 atom stereocenters. The summed E-state index contributed by atoms with van der Waals surface area (Å²) in [5.41, 5.74) is 6.35. The molecule has 17 heavy (non-hydrogen) atoms. The summed E-state index contributed by atoms with van der Waals surface area (Å²) in [5, 5.41) is 1.32. The number of benzene rings is 1. The van der Waals surface area contributed by atoms with Crippen molar-refractivity contribution in [2.24, 2.45) is 11.7 Å². The van der Waals surface area contributed by atoms with E-state index >= 15 is 0 Å². The van der Waals surface area contributed by atoms with Crippen LogP contribution in [0.5, 0.6) is 0 Å². The zero-order valence-corrected chi connectivity index (χ0v) is 10.5. The summed E-state index contributed by atoms with van der Waals surface area (Å²) in [4.78, 5) is 12.0. The maximum Gasteiger partial charge on any atom is 0.214 e. The molecule has 4 heteroatoms. The highest BCUT2D eigenvalue weighted by Gasteiger charge is 2.22. The van der Waals surface area contributed by atoms with Gasteiger partial charge in [-0.25, -0.2) is 0 Å². The Morgan fingerprint density at radius 3 is 2.71 bits per heavy atom. The van der Waals surface area contributed by atoms with E-state index in [9.17, 15) is 4.79 Å². The van der Waals surface area contributed by atoms with E-state index in [2.05, 4.69) is 0 Å². The highest BCUT2D eigenvalue weighted by Crippen LogP contribution is 2.27. The third-order valence-corrected chi connectivity index (χ3v) is 3.06. The number of hydrogen-bond donors (Lipinski definition) is 1. The molecule has 0 bridgehead atoms. The number of fused-ring (bicyclic) bond motifs is 1. The second kappa shape index (κ2) is 4.51. The van der Waals surface area contributed by atoms with Gasteiger partial charge in [0.1, 0.15) is 0 Å². The Bertz CT molecular complexity index is 560. The van der Waals surface area contributed by atoms with Crippen molar-refractivity contribution in [2.45, 2.75) is 19.9 Å². The molecule has 1 unspecified atom stereocenters. The highest BCUT2D eigenvalue weighted by molar-refractivity contribution is 6.34. The number of Topliss-reactive ketones (excluding diaryl/α,β-unsaturated/α-hetero) is 1. The summed E-state index contributed by atoms with van der Waals surface area (Å²) in [6.45, 7) is 3.80. The lowest BCUT2D eigenvalue weighted by Gasteiger charge is -2.11. The lowest BCUT2D eigenvalue weighted by Crippen LogP contribution is -2.35. The van der Waals surface area contributed by atoms with Crippen LogP contribution >= 0.6 is 11.6 Å². The average molecular weight is 252 g/mol. The van der Waals surface area contributed by atoms with Crippen molar-refractivity contribution in [3.8, 4) is 0 Å². The maximum atomic E-state index is 12.0. The van der Waals surface area contributed by atoms with E-state index in [1.165, 1.54) is 0 Å². The fourth-order valence-electron chi connectivity index (χ4n) is 1.62. The quantitative estimate of drug-likeness (QED) is 0.852. The predicted molar refractivity (Wildman–Crippen MR) is 68.4 cm³/mol. The van der Waals surface area contributed by atoms with E-state index < -0.39 is 6.04 Å². The smallest absolute Gasteiger partial charge is 0.214 e. The van der Waals surface area contributed by atoms with Crippen LogP contribution in [0.2, 0.25) is 5.02 Å². The van der Waals surface area contributed by atoms with Crippen LogP contribution in [-0.4, -0.2) is 11.8 Å². The molecule has 0 fully saturated rings. The minimum absolute atomic E-state index is 0.0752. The van der Waals surface area contributed by atoms with Crippen LogP contribution in [0.4, 0.5) is 0 Å². The van der Waals surface area contributed by atoms with Crippen LogP contribution in [0.25, 0.3) is 11.0 Å². The van der Waals surface area contributed by atoms with Crippen molar-refractivity contribution >= 4 is 28.4 Å². The number of carbonyl (C=O) groups is 1. The van der Waals surface area contributed by atoms with Gasteiger partial charge in [0.2, 0.25) is 5.78 Å². The van der Waals surface area contributed by atoms with Crippen LogP contribution in [0.3, 0.4) is 0 Å². The minimum Gasteiger partial charge on any atom is -0.451 e. The van der Waals surface area contributed by atoms with Gasteiger partial charge in [-0.3, -0.25) is 4.79 Å². The zero-order chi connectivity index (χ0) is 12.6. The summed E-state index contributed by atoms with van der Waals surface area (Å²) in [6.07, 6.45) is 0. The molecule has 0 spiro atoms. The molecule has 1 heterocycles. The topological polar surface area (TPSA) is 56.2 Å². The van der Waals surface area contributed by atoms with Crippen molar-refractivity contribution in [2.75, 3.05) is 0 Å². The lowest BCUT2D eigenvalue weighted by molar-refractivity contribution is 0.0915. The summed E-state index contributed by atoms with van der Waals surface area (Å²) < 4.78 is 5.47. The van der Waals surface area contributed by atoms with Crippen LogP contribution < -0.4 is 5.73 Å². The van der Waals surface area contributed by atoms with Gasteiger partial charge in [-0.1, -0.05) is 37.6 Å². The molecule has 1 aromatic carbocycles. The van der Waals surface area contributed by atoms with Crippen molar-refractivity contribution in [3.05, 3.63) is 35.0 Å². The van der Waals surface area contributed by atoms with Gasteiger partial charge in [0.05, 0.1) is 11.1 Å². The van der Waals surface area contributed by atoms with Gasteiger partial charge in [-0.2, -0.15) is 0 Å². The van der Waals surface area contributed by atoms with Crippen molar-refractivity contribution < 1.29 is 9.21 Å². The van der Waals surface area contributed by atoms with Gasteiger partial charge in [0.25, 0.3) is 0 Å². The zero-order valence-electron chi connectivity index (χ0n) is 9.74. The molecule has 0 amide bonds. The summed E-state index contributed by atoms with van der Waals surface area (Å²) in [7, 11) is 0. The highest BCUT2D eigenvalue weighted by atomic mass is 35.5. The molecule has 2 aromatic rings. The number of carbonyl (C=O) groups excluding carboxylic acids is 1. The first kappa shape index (κ1) is 12.1. The van der Waals surface area contributed by atoms with Crippen LogP contribution in [0.15, 0.2) is 28.7 Å². The number of hydrogen-bond acceptors (Lipinski definition) is 3. The van der Waals surface area contributed by atoms with Crippen LogP contribution in [-0.2, 0) is 0 Å². The van der Waals surface area contributed by atoms with Gasteiger partial charge in [0.15, 0.2) is 11.3 Å². The van der Waals surface area contributed by atoms with Crippen LogP contribution in [0, 0.1) is 5.92 Å². The third kappa shape index (κ3) is 2.21. The molecule has 0 aliphatic carbocycles. The molecule has 2 rings (SSSR count). The summed E-state index contributed by atoms with van der Waals surface area (Å²) in [6, 6.07) is 6.53. The average Bonchev–Trinajstić information content (AvgIpc) is 2.72. The van der Waals surface area contributed by atoms with E-state index in [0.717, 1.165) is 5.39 Å². The maximum absolute atomic E-state index is 12.0. The van der Waals surface area contributed by atoms with E-state index in [1.807, 2.05) is 26.0 Å². The largest absolute Gasteiger partial charge is 0.451 e. The normalized spacial score (nSPS) is 13.2. The Morgan fingerprint density at radius 1 is 1.41 bits per heavy atom. The van der Waals surface area contributed by atoms with Crippen molar-refractivity contribution in [1.29, 1.82) is 0 Å². The van der Waals surface area contributed by atoms with Gasteiger partial charge >= 0.3 is 0 Å². The fourth-order valence-corrected chi connectivity index (χ4v) is 1.84. The van der Waals surface area contributed by atoms with E-state index in [1.54, 1.807) is 12.1 Å². The molecular formula is C13H14ClNO2. The first-order valence-electron chi connectivity index (χ1n) is 5.48. The molecule has 90 valence electrons. The third-order valence-electron chi connectivity index (χ3n) is 2.76. The summed E-state index contributed by atoms with van der Waals surface area (Å²) >= 11 is 5.98. The fraction of sp³-hybridized carbons (Fsp3) is 0.308. The molecule has 0 saturated heterocycles. The number of nitrogens with two attached hydrogens (primary N) is 1. The molecule has 1 aromatic heterocycles. The Morgan fingerprint density at radius 2 is 2.12 bits per heavy atom. The first-order valence-corrected chi connectivity index (χ1v) is 5.86. The second-order valence-electron chi connectivity index (χ2n) is 4.40. The Balaban J connectivity index is 2.44. The summed E-state index contributed by atoms with van der Waals surface area (Å²) in [5.74, 6) is 0.160. The lowest BCUT2D eigenvalue weighted by atomic mass is 9.99. The molecule has 0 radical (unpaired) electrons. The SMILES string of the molecule is CC(C)C(N)C(=O)c1cc2cccc(Cl)c2o1. The number of furan rings is 1. The molecule has 0 aliphatic rings. The van der Waals surface area contributed by atoms with Gasteiger partial charge in [-0.05, 0) is 18.1 Å². The molecule has 0 saturated carbocycles. The Labute approximate surface area is 105 Å². The molecule has 3 nitrogen and oxygen atoms in total. The van der Waals surface area contributed by atoms with Crippen molar-refractivity contribution in [3.63, 3.8) is 0 Å². The second-order valence-corrected chi connectivity index (χ2v) is 4.81. The van der Waals surface area contributed by atoms with E-state index in [-0.39, 0.29) is 17.5 Å². The van der Waals surface area contributed by atoms with Gasteiger partial charge in [0, 0.05) is 5.39 Å². The van der Waals surface area contributed by atoms with Crippen molar-refractivity contribution in [1.82, 2.24) is 0 Å². The predicted octanol–water partition coefficient (Wildman–Crippen LogP) is 3.25. The Kier molecular flexibility index (Phi) is 3.22. The Hall–Kier alpha value is -1.32. The standard InChI is InChI=1S/C13H14ClNO2/c1-7(2)11(15)12(16)10-6-8-4-3-5-9(14)13(8)17-10/h3-7,11H,15H2,1-2H3. The van der Waals surface area contributed by atoms with Gasteiger partial charge in [-0.15, -0.1) is 0 Å². The van der Waals surface area contributed by atoms with E-state index in [0.29, 0.717) is 10.6 Å². The number of para-hydroxylation sites is 1. The molecular weight excluding hydrogens is 238 g/mol. The van der Waals surface area contributed by atoms with Gasteiger partial charge < -0.3 is 10.2 Å². The molecule has 0 aliphatic heterocycles. The number of halogens is 1. The monoisotopic (exact) mass is 251 g/mol. The van der Waals surface area contributed by atoms with Crippen LogP contribution in [0.1, 0.15) is 24.4 Å². The first-order chi connectivity index (χ1) is 8.00.